The van der Waals surface area contributed by atoms with Gasteiger partial charge in [0.15, 0.2) is 5.78 Å². The Hall–Kier alpha value is -1.63. The first-order chi connectivity index (χ1) is 6.88. The van der Waals surface area contributed by atoms with E-state index >= 15 is 0 Å². The van der Waals surface area contributed by atoms with Crippen molar-refractivity contribution in [1.29, 1.82) is 0 Å². The number of hydrogen-bond donors (Lipinski definition) is 0. The second-order valence-electron chi connectivity index (χ2n) is 3.76. The van der Waals surface area contributed by atoms with E-state index in [-0.39, 0.29) is 11.8 Å². The summed E-state index contributed by atoms with van der Waals surface area (Å²) in [5, 5.41) is 0. The van der Waals surface area contributed by atoms with Crippen LogP contribution in [0, 0.1) is 11.8 Å². The van der Waals surface area contributed by atoms with Crippen molar-refractivity contribution in [3.8, 4) is 0 Å². The third kappa shape index (κ3) is 0.869. The summed E-state index contributed by atoms with van der Waals surface area (Å²) in [4.78, 5) is 12.0. The Kier molecular flexibility index (Phi) is 1.48. The van der Waals surface area contributed by atoms with Crippen LogP contribution in [0.4, 0.5) is 0 Å². The Balaban J connectivity index is 2.19. The molecule has 0 saturated carbocycles. The highest BCUT2D eigenvalue weighted by molar-refractivity contribution is 5.97. The molecule has 0 aromatic rings. The summed E-state index contributed by atoms with van der Waals surface area (Å²) < 4.78 is 0. The van der Waals surface area contributed by atoms with Crippen LogP contribution in [0.5, 0.6) is 0 Å². The summed E-state index contributed by atoms with van der Waals surface area (Å²) in [7, 11) is 0. The molecule has 0 heterocycles. The molecular weight excluding hydrogens is 172 g/mol. The molecule has 1 heteroatoms. The highest BCUT2D eigenvalue weighted by Gasteiger charge is 2.37. The van der Waals surface area contributed by atoms with Crippen LogP contribution < -0.4 is 0 Å². The van der Waals surface area contributed by atoms with Gasteiger partial charge in [-0.15, -0.1) is 0 Å². The van der Waals surface area contributed by atoms with Gasteiger partial charge >= 0.3 is 0 Å². The molecule has 14 heavy (non-hydrogen) atoms. The fourth-order valence-electron chi connectivity index (χ4n) is 2.32. The summed E-state index contributed by atoms with van der Waals surface area (Å²) in [5.74, 6) is 0.330. The number of fused-ring (bicyclic) bond motifs is 2. The van der Waals surface area contributed by atoms with Gasteiger partial charge in [0, 0.05) is 0 Å². The van der Waals surface area contributed by atoms with Crippen LogP contribution in [0.2, 0.25) is 0 Å². The summed E-state index contributed by atoms with van der Waals surface area (Å²) in [6, 6.07) is 0. The summed E-state index contributed by atoms with van der Waals surface area (Å²) in [5.41, 5.74) is 2.37. The van der Waals surface area contributed by atoms with Crippen molar-refractivity contribution < 1.29 is 4.79 Å². The second kappa shape index (κ2) is 2.68. The highest BCUT2D eigenvalue weighted by atomic mass is 16.1. The smallest absolute Gasteiger partial charge is 0.155 e. The van der Waals surface area contributed by atoms with E-state index in [9.17, 15) is 4.79 Å². The van der Waals surface area contributed by atoms with E-state index in [0.29, 0.717) is 5.78 Å². The summed E-state index contributed by atoms with van der Waals surface area (Å²) >= 11 is 0. The third-order valence-electron chi connectivity index (χ3n) is 3.00. The molecule has 0 aromatic heterocycles. The number of carbonyl (C=O) groups is 1. The molecule has 0 radical (unpaired) electrons. The van der Waals surface area contributed by atoms with Crippen LogP contribution in [-0.2, 0) is 4.79 Å². The maximum absolute atomic E-state index is 12.0. The van der Waals surface area contributed by atoms with Crippen molar-refractivity contribution in [2.24, 2.45) is 11.8 Å². The van der Waals surface area contributed by atoms with Gasteiger partial charge in [0.25, 0.3) is 0 Å². The van der Waals surface area contributed by atoms with E-state index in [0.717, 1.165) is 0 Å². The third-order valence-corrected chi connectivity index (χ3v) is 3.00. The monoisotopic (exact) mass is 182 g/mol. The molecule has 0 bridgehead atoms. The molecule has 2 unspecified atom stereocenters. The molecule has 0 fully saturated rings. The van der Waals surface area contributed by atoms with Gasteiger partial charge in [0.2, 0.25) is 0 Å². The van der Waals surface area contributed by atoms with Crippen molar-refractivity contribution >= 4 is 5.78 Å². The Morgan fingerprint density at radius 1 is 0.786 bits per heavy atom. The molecule has 0 aliphatic heterocycles. The normalized spacial score (nSPS) is 32.4. The maximum Gasteiger partial charge on any atom is 0.155 e. The fourth-order valence-corrected chi connectivity index (χ4v) is 2.32. The van der Waals surface area contributed by atoms with Crippen molar-refractivity contribution in [1.82, 2.24) is 0 Å². The first kappa shape index (κ1) is 7.74. The van der Waals surface area contributed by atoms with Crippen LogP contribution in [-0.4, -0.2) is 5.78 Å². The molecule has 0 N–H and O–H groups in total. The maximum atomic E-state index is 12.0. The Bertz CT molecular complexity index is 404. The van der Waals surface area contributed by atoms with Crippen LogP contribution in [0.25, 0.3) is 0 Å². The summed E-state index contributed by atoms with van der Waals surface area (Å²) in [6.45, 7) is 0. The largest absolute Gasteiger partial charge is 0.298 e. The van der Waals surface area contributed by atoms with Gasteiger partial charge in [0.1, 0.15) is 0 Å². The molecule has 3 aliphatic carbocycles. The van der Waals surface area contributed by atoms with Crippen molar-refractivity contribution in [3.63, 3.8) is 0 Å². The first-order valence-corrected chi connectivity index (χ1v) is 4.85. The fraction of sp³-hybridized carbons (Fsp3) is 0.154. The molecule has 68 valence electrons. The van der Waals surface area contributed by atoms with Crippen LogP contribution in [0.3, 0.4) is 0 Å². The molecule has 3 aliphatic rings. The number of carbonyl (C=O) groups excluding carboxylic acids is 1. The van der Waals surface area contributed by atoms with Gasteiger partial charge in [-0.05, 0) is 11.1 Å². The minimum absolute atomic E-state index is 0.00685. The quantitative estimate of drug-likeness (QED) is 0.562. The average Bonchev–Trinajstić information content (AvgIpc) is 2.55. The SMILES string of the molecule is O=C1C2C=CC=CC2=C2C=CC=CC12. The number of Topliss-reactive ketones (excluding diaryl/α,β-unsaturated/α-hetero) is 1. The lowest BCUT2D eigenvalue weighted by molar-refractivity contribution is -0.121. The predicted molar refractivity (Wildman–Crippen MR) is 55.6 cm³/mol. The molecule has 0 amide bonds. The van der Waals surface area contributed by atoms with E-state index in [1.807, 2.05) is 36.5 Å². The van der Waals surface area contributed by atoms with Gasteiger partial charge in [-0.2, -0.15) is 0 Å². The second-order valence-corrected chi connectivity index (χ2v) is 3.76. The van der Waals surface area contributed by atoms with Crippen LogP contribution >= 0.6 is 0 Å². The van der Waals surface area contributed by atoms with E-state index in [1.165, 1.54) is 11.1 Å². The zero-order valence-corrected chi connectivity index (χ0v) is 7.68. The van der Waals surface area contributed by atoms with Crippen molar-refractivity contribution in [2.75, 3.05) is 0 Å². The van der Waals surface area contributed by atoms with E-state index in [2.05, 4.69) is 12.2 Å². The molecule has 2 atom stereocenters. The molecule has 1 nitrogen and oxygen atoms in total. The topological polar surface area (TPSA) is 17.1 Å². The van der Waals surface area contributed by atoms with Crippen molar-refractivity contribution in [2.45, 2.75) is 0 Å². The number of allylic oxidation sites excluding steroid dienone is 10. The molecule has 0 spiro atoms. The van der Waals surface area contributed by atoms with Crippen LogP contribution in [0.15, 0.2) is 59.8 Å². The standard InChI is InChI=1S/C13H10O/c14-13-11-7-3-1-5-9(11)10-6-2-4-8-12(10)13/h1-8,11-12H. The Morgan fingerprint density at radius 2 is 1.29 bits per heavy atom. The lowest BCUT2D eigenvalue weighted by Gasteiger charge is -2.08. The summed E-state index contributed by atoms with van der Waals surface area (Å²) in [6.07, 6.45) is 16.0. The lowest BCUT2D eigenvalue weighted by Crippen LogP contribution is -2.15. The zero-order chi connectivity index (χ0) is 9.54. The van der Waals surface area contributed by atoms with E-state index < -0.39 is 0 Å². The van der Waals surface area contributed by atoms with Crippen molar-refractivity contribution in [3.05, 3.63) is 59.8 Å². The number of hydrogen-bond acceptors (Lipinski definition) is 1. The van der Waals surface area contributed by atoms with Crippen LogP contribution in [0.1, 0.15) is 0 Å². The van der Waals surface area contributed by atoms with Gasteiger partial charge in [-0.3, -0.25) is 4.79 Å². The van der Waals surface area contributed by atoms with Gasteiger partial charge in [0.05, 0.1) is 11.8 Å². The predicted octanol–water partition coefficient (Wildman–Crippen LogP) is 2.35. The molecule has 3 rings (SSSR count). The molecular formula is C13H10O. The van der Waals surface area contributed by atoms with Gasteiger partial charge in [-0.1, -0.05) is 48.6 Å². The average molecular weight is 182 g/mol. The molecule has 0 aromatic carbocycles. The van der Waals surface area contributed by atoms with E-state index in [4.69, 9.17) is 0 Å². The zero-order valence-electron chi connectivity index (χ0n) is 7.68. The van der Waals surface area contributed by atoms with E-state index in [1.54, 1.807) is 0 Å². The Morgan fingerprint density at radius 3 is 1.79 bits per heavy atom. The highest BCUT2D eigenvalue weighted by Crippen LogP contribution is 2.39. The Labute approximate surface area is 82.8 Å². The molecule has 0 saturated heterocycles. The van der Waals surface area contributed by atoms with Gasteiger partial charge in [-0.25, -0.2) is 0 Å². The minimum Gasteiger partial charge on any atom is -0.298 e. The minimum atomic E-state index is 0.00685. The number of rotatable bonds is 0. The number of ketones is 1. The lowest BCUT2D eigenvalue weighted by atomic mass is 9.94. The first-order valence-electron chi connectivity index (χ1n) is 4.85. The van der Waals surface area contributed by atoms with Gasteiger partial charge < -0.3 is 0 Å².